The number of allylic oxidation sites excluding steroid dienone is 1. The Kier molecular flexibility index (Phi) is 40.4. The number of hydrogen-bond acceptors (Lipinski definition) is 2. The molecule has 0 unspecified atom stereocenters. The van der Waals surface area contributed by atoms with Gasteiger partial charge in [0.15, 0.2) is 0 Å². The van der Waals surface area contributed by atoms with Crippen molar-refractivity contribution in [3.05, 3.63) is 418 Å². The summed E-state index contributed by atoms with van der Waals surface area (Å²) in [6, 6.07) is 114. The quantitative estimate of drug-likeness (QED) is 0.0645. The Morgan fingerprint density at radius 2 is 0.529 bits per heavy atom. The summed E-state index contributed by atoms with van der Waals surface area (Å²) < 4.78 is 5.77. The second kappa shape index (κ2) is 47.5. The van der Waals surface area contributed by atoms with Gasteiger partial charge in [-0.2, -0.15) is 6.67 Å². The summed E-state index contributed by atoms with van der Waals surface area (Å²) in [5.41, 5.74) is 16.6. The maximum Gasteiger partial charge on any atom is 0.102 e. The first kappa shape index (κ1) is 86.7. The Morgan fingerprint density at radius 1 is 0.314 bits per heavy atom. The van der Waals surface area contributed by atoms with Gasteiger partial charge in [0, 0.05) is 24.5 Å². The molecule has 12 aromatic rings. The molecule has 0 amide bonds. The minimum absolute atomic E-state index is 0. The van der Waals surface area contributed by atoms with Crippen molar-refractivity contribution >= 4 is 137 Å². The first-order valence-electron chi connectivity index (χ1n) is 32.1. The molecule has 1 aliphatic heterocycles. The van der Waals surface area contributed by atoms with Crippen LogP contribution in [-0.2, 0) is 40.6 Å². The van der Waals surface area contributed by atoms with Crippen LogP contribution in [0, 0.1) is 70.5 Å². The Bertz CT molecular complexity index is 3950. The fourth-order valence-corrected chi connectivity index (χ4v) is 21.5. The molecule has 12 aromatic carbocycles. The van der Waals surface area contributed by atoms with Gasteiger partial charge in [-0.3, -0.25) is 0 Å². The Hall–Kier alpha value is -5.94. The summed E-state index contributed by atoms with van der Waals surface area (Å²) in [6.07, 6.45) is 2.03. The number of aryl methyl sites for hydroxylation is 6. The van der Waals surface area contributed by atoms with Crippen molar-refractivity contribution in [2.75, 3.05) is 22.9 Å². The molecule has 0 spiro atoms. The molecule has 1 saturated heterocycles. The average molecular weight is 1770 g/mol. The molecule has 0 atom stereocenters. The summed E-state index contributed by atoms with van der Waals surface area (Å²) in [7, 11) is 32.7. The largest absolute Gasteiger partial charge is 0.102 e. The van der Waals surface area contributed by atoms with Crippen LogP contribution in [0.15, 0.2) is 334 Å². The molecule has 13 rings (SSSR count). The molecule has 102 heavy (non-hydrogen) atoms. The van der Waals surface area contributed by atoms with Crippen molar-refractivity contribution in [3.8, 4) is 0 Å². The van der Waals surface area contributed by atoms with Gasteiger partial charge in [0.2, 0.25) is 0 Å². The van der Waals surface area contributed by atoms with E-state index in [0.29, 0.717) is 0 Å². The molecule has 0 radical (unpaired) electrons. The second-order valence-corrected chi connectivity index (χ2v) is 45.2. The topological polar surface area (TPSA) is 6.48 Å². The third-order valence-corrected chi connectivity index (χ3v) is 26.5. The predicted molar refractivity (Wildman–Crippen MR) is 457 cm³/mol. The van der Waals surface area contributed by atoms with Crippen molar-refractivity contribution in [2.24, 2.45) is 0 Å². The van der Waals surface area contributed by atoms with Crippen molar-refractivity contribution < 1.29 is 40.6 Å². The molecule has 0 saturated carbocycles. The van der Waals surface area contributed by atoms with E-state index >= 15 is 0 Å². The maximum atomic E-state index is 5.91. The van der Waals surface area contributed by atoms with Crippen molar-refractivity contribution in [1.82, 2.24) is 0 Å². The molecule has 1 heterocycles. The molecule has 2 nitrogen and oxygen atoms in total. The molecule has 0 aliphatic carbocycles. The summed E-state index contributed by atoms with van der Waals surface area (Å²) >= 11 is -5.00. The summed E-state index contributed by atoms with van der Waals surface area (Å²) in [6.45, 7) is 17.6. The van der Waals surface area contributed by atoms with E-state index in [1.54, 1.807) is 0 Å². The predicted octanol–water partition coefficient (Wildman–Crippen LogP) is 23.1. The van der Waals surface area contributed by atoms with Crippen LogP contribution < -0.4 is 41.6 Å². The molecule has 0 N–H and O–H groups in total. The number of nitrogens with zero attached hydrogens (tertiary/aromatic N) is 2. The van der Waals surface area contributed by atoms with E-state index in [9.17, 15) is 0 Å². The first-order valence-corrected chi connectivity index (χ1v) is 51.6. The Balaban J connectivity index is 0.000000224. The van der Waals surface area contributed by atoms with Crippen LogP contribution in [0.2, 0.25) is 0 Å². The molecular formula is C89H92Cl6N2P2Ru3-2. The summed E-state index contributed by atoms with van der Waals surface area (Å²) in [5.74, 6) is 0. The van der Waals surface area contributed by atoms with E-state index in [0.717, 1.165) is 29.8 Å². The minimum atomic E-state index is -1.77. The van der Waals surface area contributed by atoms with Gasteiger partial charge in [-0.25, -0.2) is 0 Å². The average Bonchev–Trinajstić information content (AvgIpc) is 1.00. The zero-order chi connectivity index (χ0) is 70.1. The van der Waals surface area contributed by atoms with E-state index < -0.39 is 56.4 Å². The molecule has 1 fully saturated rings. The van der Waals surface area contributed by atoms with Gasteiger partial charge in [-0.15, -0.1) is 0 Å². The smallest absolute Gasteiger partial charge is 0.0620 e. The van der Waals surface area contributed by atoms with Crippen LogP contribution in [0.3, 0.4) is 0 Å². The SMILES string of the molecule is Cc1cc(C)c(N2[CH-]N(c3c(C)cc(C)cc3C)CC2)c(C)c1.[CH3-].[CH3-].[CH3-].[Cl][Ru]([Cl])=[CH]C=C(c1ccccc1)c1ccccc1.[Cl][Ru]([Cl])=[CH]c1ccccc1.[Cl][Ru]([Cl])=[CH]c1ccccc1.c1ccc([PH+](c2ccccc2)c2ccccc2)cc1.c1ccc([PH+](c2ccccc2)c2ccccc2)cc1. The van der Waals surface area contributed by atoms with E-state index in [1.807, 2.05) is 117 Å². The molecule has 0 bridgehead atoms. The number of hydrogen-bond donors (Lipinski definition) is 0. The molecule has 13 heteroatoms. The first-order chi connectivity index (χ1) is 48.1. The van der Waals surface area contributed by atoms with E-state index in [4.69, 9.17) is 58.1 Å². The van der Waals surface area contributed by atoms with Crippen LogP contribution in [0.1, 0.15) is 55.6 Å². The molecule has 0 aromatic heterocycles. The Morgan fingerprint density at radius 3 is 0.745 bits per heavy atom. The summed E-state index contributed by atoms with van der Waals surface area (Å²) in [5, 5.41) is 8.61. The van der Waals surface area contributed by atoms with Crippen LogP contribution in [0.25, 0.3) is 5.57 Å². The standard InChI is InChI=1S/C21H27N2.2C18H15P.C15H12.2C7H6.3CH3.6ClH.3Ru/c1-14-9-16(3)20(17(4)10-14)22-7-8-23(13-22)21-18(5)11-15(2)12-19(21)6;2*1-4-10-16(11-5-1)19(17-12-6-2-7-13-17)18-14-8-3-9-15-18;1-2-15(13-9-5-3-6-10-13)14-11-7-4-8-12-14;2*1-7-5-3-2-4-6-7;;;;;;;;;;;;/h9-13H,7-8H2,1-6H3;2*1-15H;1-12H;2*1-6H;3*1H3;6*1H;;;/q-1;;;;;;3*-1;;;;;;;3*+2/p-4. The van der Waals surface area contributed by atoms with Crippen LogP contribution in [0.5, 0.6) is 0 Å². The Labute approximate surface area is 653 Å². The van der Waals surface area contributed by atoms with Gasteiger partial charge in [-0.05, 0) is 137 Å². The zero-order valence-electron chi connectivity index (χ0n) is 59.2. The van der Waals surface area contributed by atoms with Crippen LogP contribution in [-0.4, -0.2) is 26.9 Å². The monoisotopic (exact) mass is 1770 g/mol. The molecule has 1 aliphatic rings. The van der Waals surface area contributed by atoms with Gasteiger partial charge in [0.25, 0.3) is 0 Å². The molecule has 536 valence electrons. The fourth-order valence-electron chi connectivity index (χ4n) is 11.6. The van der Waals surface area contributed by atoms with Crippen molar-refractivity contribution in [3.63, 3.8) is 0 Å². The van der Waals surface area contributed by atoms with E-state index in [2.05, 4.69) is 289 Å². The second-order valence-electron chi connectivity index (χ2n) is 23.0. The van der Waals surface area contributed by atoms with Gasteiger partial charge >= 0.3 is 268 Å². The van der Waals surface area contributed by atoms with Gasteiger partial charge in [-0.1, -0.05) is 145 Å². The fraction of sp³-hybridized carbons (Fsp3) is 0.0899. The normalized spacial score (nSPS) is 11.3. The zero-order valence-corrected chi connectivity index (χ0v) is 71.0. The maximum absolute atomic E-state index is 5.91. The third-order valence-electron chi connectivity index (χ3n) is 15.6. The minimum Gasteiger partial charge on any atom is -0.0620 e. The van der Waals surface area contributed by atoms with Crippen molar-refractivity contribution in [2.45, 2.75) is 41.5 Å². The number of benzene rings is 12. The van der Waals surface area contributed by atoms with E-state index in [-0.39, 0.29) is 22.3 Å². The van der Waals surface area contributed by atoms with Crippen LogP contribution >= 0.6 is 74.0 Å². The van der Waals surface area contributed by atoms with Gasteiger partial charge in [0.1, 0.15) is 31.8 Å². The third kappa shape index (κ3) is 28.8. The van der Waals surface area contributed by atoms with Gasteiger partial charge < -0.3 is 32.1 Å². The number of anilines is 2. The van der Waals surface area contributed by atoms with Crippen molar-refractivity contribution in [1.29, 1.82) is 0 Å². The van der Waals surface area contributed by atoms with Gasteiger partial charge in [0.05, 0.1) is 15.8 Å². The number of rotatable bonds is 13. The number of halogens is 6. The van der Waals surface area contributed by atoms with Crippen LogP contribution in [0.4, 0.5) is 11.4 Å². The summed E-state index contributed by atoms with van der Waals surface area (Å²) in [4.78, 5) is 4.81. The van der Waals surface area contributed by atoms with E-state index in [1.165, 1.54) is 87.7 Å². The molecular weight excluding hydrogens is 1670 g/mol.